The zero-order valence-electron chi connectivity index (χ0n) is 11.6. The fourth-order valence-electron chi connectivity index (χ4n) is 2.18. The molecule has 1 aliphatic heterocycles. The lowest BCUT2D eigenvalue weighted by molar-refractivity contribution is -0.197. The third-order valence-electron chi connectivity index (χ3n) is 3.36. The molecule has 1 aliphatic rings. The predicted octanol–water partition coefficient (Wildman–Crippen LogP) is 1.34. The second kappa shape index (κ2) is 7.01. The molecule has 2 heterocycles. The standard InChI is InChI=1S/C12H15ClN4O4S/c1-12(20)10(16-17-14)9(19)8(5-18)21-11(12)22-7-2-6(13)3-15-4-7/h2-4,8-11,18-20H,5H2,1H3/t8-,9+,10+,11-,12-/m1/s1. The molecule has 0 saturated carbocycles. The fraction of sp³-hybridized carbons (Fsp3) is 0.583. The van der Waals surface area contributed by atoms with Crippen molar-refractivity contribution >= 4 is 23.4 Å². The Morgan fingerprint density at radius 3 is 2.91 bits per heavy atom. The Morgan fingerprint density at radius 2 is 2.32 bits per heavy atom. The van der Waals surface area contributed by atoms with Crippen molar-refractivity contribution in [3.8, 4) is 0 Å². The quantitative estimate of drug-likeness (QED) is 0.428. The normalized spacial score (nSPS) is 35.0. The fourth-order valence-corrected chi connectivity index (χ4v) is 3.56. The van der Waals surface area contributed by atoms with Crippen LogP contribution in [0.5, 0.6) is 0 Å². The molecule has 0 bridgehead atoms. The van der Waals surface area contributed by atoms with E-state index in [1.807, 2.05) is 0 Å². The minimum Gasteiger partial charge on any atom is -0.394 e. The number of hydrogen-bond donors (Lipinski definition) is 3. The van der Waals surface area contributed by atoms with E-state index in [4.69, 9.17) is 21.9 Å². The SMILES string of the molecule is C[C@]1(O)[C@@H](Sc2cncc(Cl)c2)O[C@H](CO)[C@H](O)[C@@H]1N=[N+]=[N-]. The molecule has 1 aromatic heterocycles. The third-order valence-corrected chi connectivity index (χ3v) is 4.86. The van der Waals surface area contributed by atoms with E-state index in [1.54, 1.807) is 6.07 Å². The second-order valence-electron chi connectivity index (χ2n) is 5.01. The van der Waals surface area contributed by atoms with Gasteiger partial charge in [0.05, 0.1) is 23.8 Å². The molecule has 0 radical (unpaired) electrons. The number of thioether (sulfide) groups is 1. The van der Waals surface area contributed by atoms with Gasteiger partial charge in [0.2, 0.25) is 0 Å². The molecule has 0 amide bonds. The summed E-state index contributed by atoms with van der Waals surface area (Å²) in [4.78, 5) is 7.22. The summed E-state index contributed by atoms with van der Waals surface area (Å²) in [6.45, 7) is 0.929. The number of pyridine rings is 1. The number of aliphatic hydroxyl groups excluding tert-OH is 2. The van der Waals surface area contributed by atoms with Crippen molar-refractivity contribution in [2.24, 2.45) is 5.11 Å². The molecule has 22 heavy (non-hydrogen) atoms. The first-order chi connectivity index (χ1) is 10.4. The number of hydrogen-bond acceptors (Lipinski definition) is 7. The molecular weight excluding hydrogens is 332 g/mol. The molecule has 2 rings (SSSR count). The van der Waals surface area contributed by atoms with Crippen LogP contribution in [0.25, 0.3) is 10.4 Å². The summed E-state index contributed by atoms with van der Waals surface area (Å²) in [7, 11) is 0. The van der Waals surface area contributed by atoms with Gasteiger partial charge < -0.3 is 20.1 Å². The summed E-state index contributed by atoms with van der Waals surface area (Å²) in [6.07, 6.45) is 0.720. The van der Waals surface area contributed by atoms with Crippen molar-refractivity contribution in [2.75, 3.05) is 6.61 Å². The first-order valence-corrected chi connectivity index (χ1v) is 7.64. The molecule has 8 nitrogen and oxygen atoms in total. The van der Waals surface area contributed by atoms with Gasteiger partial charge in [0.15, 0.2) is 0 Å². The lowest BCUT2D eigenvalue weighted by atomic mass is 9.87. The van der Waals surface area contributed by atoms with Gasteiger partial charge in [-0.05, 0) is 18.5 Å². The molecule has 1 aromatic rings. The molecular formula is C12H15ClN4O4S. The second-order valence-corrected chi connectivity index (χ2v) is 6.58. The number of azide groups is 1. The number of halogens is 1. The van der Waals surface area contributed by atoms with E-state index in [0.29, 0.717) is 9.92 Å². The Kier molecular flexibility index (Phi) is 5.51. The Morgan fingerprint density at radius 1 is 1.59 bits per heavy atom. The van der Waals surface area contributed by atoms with Crippen molar-refractivity contribution in [3.63, 3.8) is 0 Å². The highest BCUT2D eigenvalue weighted by Gasteiger charge is 2.52. The van der Waals surface area contributed by atoms with Gasteiger partial charge in [0.1, 0.15) is 17.1 Å². The Hall–Kier alpha value is -1.06. The summed E-state index contributed by atoms with van der Waals surface area (Å²) in [5, 5.41) is 33.9. The highest BCUT2D eigenvalue weighted by Crippen LogP contribution is 2.40. The van der Waals surface area contributed by atoms with Crippen LogP contribution < -0.4 is 0 Å². The molecule has 0 unspecified atom stereocenters. The molecule has 0 aliphatic carbocycles. The van der Waals surface area contributed by atoms with Gasteiger partial charge in [-0.1, -0.05) is 28.5 Å². The average molecular weight is 347 g/mol. The average Bonchev–Trinajstić information content (AvgIpc) is 2.47. The van der Waals surface area contributed by atoms with Crippen LogP contribution >= 0.6 is 23.4 Å². The minimum absolute atomic E-state index is 0.422. The van der Waals surface area contributed by atoms with Crippen LogP contribution in [0.1, 0.15) is 6.92 Å². The maximum absolute atomic E-state index is 10.6. The zero-order valence-corrected chi connectivity index (χ0v) is 13.1. The number of rotatable bonds is 4. The monoisotopic (exact) mass is 346 g/mol. The Bertz CT molecular complexity index is 584. The number of ether oxygens (including phenoxy) is 1. The predicted molar refractivity (Wildman–Crippen MR) is 80.4 cm³/mol. The van der Waals surface area contributed by atoms with Crippen molar-refractivity contribution < 1.29 is 20.1 Å². The van der Waals surface area contributed by atoms with Crippen LogP contribution in [0.2, 0.25) is 5.02 Å². The first-order valence-electron chi connectivity index (χ1n) is 6.38. The van der Waals surface area contributed by atoms with Gasteiger partial charge in [-0.2, -0.15) is 0 Å². The van der Waals surface area contributed by atoms with Crippen LogP contribution in [0.15, 0.2) is 28.5 Å². The van der Waals surface area contributed by atoms with Gasteiger partial charge in [-0.15, -0.1) is 0 Å². The number of nitrogens with zero attached hydrogens (tertiary/aromatic N) is 4. The number of aromatic nitrogens is 1. The topological polar surface area (TPSA) is 132 Å². The van der Waals surface area contributed by atoms with Crippen molar-refractivity contribution in [1.29, 1.82) is 0 Å². The Balaban J connectivity index is 2.30. The summed E-state index contributed by atoms with van der Waals surface area (Å²) in [5.41, 5.74) is 6.10. The highest BCUT2D eigenvalue weighted by molar-refractivity contribution is 7.99. The zero-order chi connectivity index (χ0) is 16.3. The molecule has 0 aromatic carbocycles. The summed E-state index contributed by atoms with van der Waals surface area (Å²) >= 11 is 6.98. The van der Waals surface area contributed by atoms with E-state index in [1.165, 1.54) is 19.3 Å². The lowest BCUT2D eigenvalue weighted by Gasteiger charge is -2.46. The lowest BCUT2D eigenvalue weighted by Crippen LogP contribution is -2.63. The first kappa shape index (κ1) is 17.3. The van der Waals surface area contributed by atoms with E-state index in [0.717, 1.165) is 11.8 Å². The van der Waals surface area contributed by atoms with Crippen LogP contribution in [-0.2, 0) is 4.74 Å². The Labute approximate surface area is 135 Å². The van der Waals surface area contributed by atoms with Crippen molar-refractivity contribution in [3.05, 3.63) is 33.9 Å². The molecule has 1 fully saturated rings. The van der Waals surface area contributed by atoms with Crippen LogP contribution in [0.3, 0.4) is 0 Å². The maximum Gasteiger partial charge on any atom is 0.137 e. The highest BCUT2D eigenvalue weighted by atomic mass is 35.5. The van der Waals surface area contributed by atoms with Crippen LogP contribution in [0.4, 0.5) is 0 Å². The van der Waals surface area contributed by atoms with Gasteiger partial charge in [0.25, 0.3) is 0 Å². The maximum atomic E-state index is 10.6. The van der Waals surface area contributed by atoms with E-state index in [9.17, 15) is 15.3 Å². The minimum atomic E-state index is -1.65. The largest absolute Gasteiger partial charge is 0.394 e. The summed E-state index contributed by atoms with van der Waals surface area (Å²) < 4.78 is 5.54. The number of aliphatic hydroxyl groups is 3. The van der Waals surface area contributed by atoms with Crippen LogP contribution in [0, 0.1) is 0 Å². The molecule has 3 N–H and O–H groups in total. The van der Waals surface area contributed by atoms with Gasteiger partial charge in [-0.25, -0.2) is 0 Å². The summed E-state index contributed by atoms with van der Waals surface area (Å²) in [5.74, 6) is 0. The van der Waals surface area contributed by atoms with E-state index < -0.39 is 35.9 Å². The van der Waals surface area contributed by atoms with E-state index in [-0.39, 0.29) is 0 Å². The van der Waals surface area contributed by atoms with Gasteiger partial charge in [-0.3, -0.25) is 4.98 Å². The molecule has 1 saturated heterocycles. The smallest absolute Gasteiger partial charge is 0.137 e. The van der Waals surface area contributed by atoms with Gasteiger partial charge >= 0.3 is 0 Å². The summed E-state index contributed by atoms with van der Waals surface area (Å²) in [6, 6.07) is 0.480. The molecule has 10 heteroatoms. The molecule has 5 atom stereocenters. The van der Waals surface area contributed by atoms with Crippen molar-refractivity contribution in [1.82, 2.24) is 4.98 Å². The molecule has 0 spiro atoms. The van der Waals surface area contributed by atoms with Crippen molar-refractivity contribution in [2.45, 2.75) is 41.1 Å². The van der Waals surface area contributed by atoms with Gasteiger partial charge in [0, 0.05) is 22.2 Å². The van der Waals surface area contributed by atoms with E-state index in [2.05, 4.69) is 15.0 Å². The molecule has 120 valence electrons. The third kappa shape index (κ3) is 3.47. The van der Waals surface area contributed by atoms with Crippen LogP contribution in [-0.4, -0.2) is 56.2 Å². The van der Waals surface area contributed by atoms with E-state index >= 15 is 0 Å².